The van der Waals surface area contributed by atoms with Gasteiger partial charge in [-0.05, 0) is 31.0 Å². The van der Waals surface area contributed by atoms with Gasteiger partial charge in [0.15, 0.2) is 22.7 Å². The first kappa shape index (κ1) is 16.9. The fraction of sp³-hybridized carbons (Fsp3) is 0.273. The van der Waals surface area contributed by atoms with E-state index in [0.717, 1.165) is 17.4 Å². The maximum absolute atomic E-state index is 13.2. The summed E-state index contributed by atoms with van der Waals surface area (Å²) in [6, 6.07) is 14.7. The number of amides is 1. The second-order valence-electron chi connectivity index (χ2n) is 7.25. The standard InChI is InChI=1S/C22H19NO5/c1-26-17-9-4-6-14-12-18(27-19(14)17)20(24)23-11-5-10-22(13-23)16-8-3-2-7-15(16)21(25)28-22/h2-4,6-9,12H,5,10-11,13H2,1H3. The number of benzene rings is 2. The van der Waals surface area contributed by atoms with Crippen molar-refractivity contribution >= 4 is 22.8 Å². The lowest BCUT2D eigenvalue weighted by Crippen LogP contribution is -2.48. The first-order valence-corrected chi connectivity index (χ1v) is 9.30. The number of fused-ring (bicyclic) bond motifs is 3. The quantitative estimate of drug-likeness (QED) is 0.637. The molecule has 1 amide bonds. The van der Waals surface area contributed by atoms with Crippen LogP contribution in [0.2, 0.25) is 0 Å². The predicted octanol–water partition coefficient (Wildman–Crippen LogP) is 3.74. The summed E-state index contributed by atoms with van der Waals surface area (Å²) in [5.74, 6) is 0.315. The molecule has 1 saturated heterocycles. The highest BCUT2D eigenvalue weighted by atomic mass is 16.6. The molecular weight excluding hydrogens is 358 g/mol. The van der Waals surface area contributed by atoms with Gasteiger partial charge in [-0.2, -0.15) is 0 Å². The van der Waals surface area contributed by atoms with E-state index in [2.05, 4.69) is 0 Å². The summed E-state index contributed by atoms with van der Waals surface area (Å²) in [4.78, 5) is 27.2. The van der Waals surface area contributed by atoms with Crippen LogP contribution in [0.5, 0.6) is 5.75 Å². The zero-order chi connectivity index (χ0) is 19.3. The number of para-hydroxylation sites is 1. The van der Waals surface area contributed by atoms with Crippen molar-refractivity contribution in [3.8, 4) is 5.75 Å². The topological polar surface area (TPSA) is 69.0 Å². The lowest BCUT2D eigenvalue weighted by molar-refractivity contribution is -0.0446. The van der Waals surface area contributed by atoms with Gasteiger partial charge in [0, 0.05) is 17.5 Å². The molecule has 0 saturated carbocycles. The van der Waals surface area contributed by atoms with E-state index in [1.807, 2.05) is 30.3 Å². The minimum atomic E-state index is -0.773. The van der Waals surface area contributed by atoms with Crippen molar-refractivity contribution in [2.75, 3.05) is 20.2 Å². The number of methoxy groups -OCH3 is 1. The number of carbonyl (C=O) groups excluding carboxylic acids is 2. The van der Waals surface area contributed by atoms with E-state index in [4.69, 9.17) is 13.9 Å². The molecule has 142 valence electrons. The fourth-order valence-electron chi connectivity index (χ4n) is 4.30. The first-order chi connectivity index (χ1) is 13.6. The van der Waals surface area contributed by atoms with Crippen molar-refractivity contribution in [3.05, 3.63) is 65.4 Å². The molecule has 3 heterocycles. The van der Waals surface area contributed by atoms with Gasteiger partial charge in [-0.15, -0.1) is 0 Å². The van der Waals surface area contributed by atoms with Crippen LogP contribution < -0.4 is 4.74 Å². The average Bonchev–Trinajstić information content (AvgIpc) is 3.27. The fourth-order valence-corrected chi connectivity index (χ4v) is 4.30. The van der Waals surface area contributed by atoms with Gasteiger partial charge in [0.25, 0.3) is 5.91 Å². The SMILES string of the molecule is COc1cccc2cc(C(=O)N3CCCC4(C3)OC(=O)c3ccccc34)oc12. The molecule has 1 aromatic heterocycles. The molecular formula is C22H19NO5. The highest BCUT2D eigenvalue weighted by Gasteiger charge is 2.49. The highest BCUT2D eigenvalue weighted by Crippen LogP contribution is 2.43. The molecule has 3 aromatic rings. The zero-order valence-electron chi connectivity index (χ0n) is 15.4. The Hall–Kier alpha value is -3.28. The average molecular weight is 377 g/mol. The molecule has 6 heteroatoms. The minimum absolute atomic E-state index is 0.210. The molecule has 0 bridgehead atoms. The molecule has 28 heavy (non-hydrogen) atoms. The Balaban J connectivity index is 1.48. The van der Waals surface area contributed by atoms with Crippen LogP contribution in [-0.4, -0.2) is 37.0 Å². The smallest absolute Gasteiger partial charge is 0.339 e. The molecule has 2 aliphatic heterocycles. The minimum Gasteiger partial charge on any atom is -0.493 e. The molecule has 0 N–H and O–H groups in total. The molecule has 0 aliphatic carbocycles. The van der Waals surface area contributed by atoms with Gasteiger partial charge in [0.2, 0.25) is 0 Å². The maximum atomic E-state index is 13.2. The number of ether oxygens (including phenoxy) is 2. The lowest BCUT2D eigenvalue weighted by Gasteiger charge is -2.39. The Kier molecular flexibility index (Phi) is 3.69. The largest absolute Gasteiger partial charge is 0.493 e. The number of furan rings is 1. The molecule has 0 radical (unpaired) electrons. The zero-order valence-corrected chi connectivity index (χ0v) is 15.4. The second-order valence-corrected chi connectivity index (χ2v) is 7.25. The van der Waals surface area contributed by atoms with Crippen molar-refractivity contribution in [1.29, 1.82) is 0 Å². The summed E-state index contributed by atoms with van der Waals surface area (Å²) < 4.78 is 16.9. The highest BCUT2D eigenvalue weighted by molar-refractivity contribution is 5.98. The third-order valence-electron chi connectivity index (χ3n) is 5.61. The number of esters is 1. The number of nitrogens with zero attached hydrogens (tertiary/aromatic N) is 1. The molecule has 1 spiro atoms. The van der Waals surface area contributed by atoms with E-state index >= 15 is 0 Å². The van der Waals surface area contributed by atoms with Crippen LogP contribution in [0, 0.1) is 0 Å². The van der Waals surface area contributed by atoms with Gasteiger partial charge in [-0.25, -0.2) is 4.79 Å². The monoisotopic (exact) mass is 377 g/mol. The van der Waals surface area contributed by atoms with E-state index in [1.54, 1.807) is 30.2 Å². The number of rotatable bonds is 2. The molecule has 1 atom stereocenters. The van der Waals surface area contributed by atoms with Crippen LogP contribution in [0.15, 0.2) is 52.9 Å². The van der Waals surface area contributed by atoms with E-state index in [0.29, 0.717) is 36.4 Å². The van der Waals surface area contributed by atoms with Crippen LogP contribution in [0.3, 0.4) is 0 Å². The second kappa shape index (κ2) is 6.12. The summed E-state index contributed by atoms with van der Waals surface area (Å²) in [5.41, 5.74) is 1.23. The van der Waals surface area contributed by atoms with Crippen LogP contribution in [0.25, 0.3) is 11.0 Å². The van der Waals surface area contributed by atoms with Crippen molar-refractivity contribution in [1.82, 2.24) is 4.90 Å². The lowest BCUT2D eigenvalue weighted by atomic mass is 9.85. The van der Waals surface area contributed by atoms with Crippen LogP contribution in [-0.2, 0) is 10.3 Å². The number of hydrogen-bond donors (Lipinski definition) is 0. The van der Waals surface area contributed by atoms with E-state index < -0.39 is 5.60 Å². The number of piperidine rings is 1. The van der Waals surface area contributed by atoms with Crippen molar-refractivity contribution in [2.45, 2.75) is 18.4 Å². The Labute approximate surface area is 161 Å². The van der Waals surface area contributed by atoms with E-state index in [9.17, 15) is 9.59 Å². The Morgan fingerprint density at radius 1 is 1.18 bits per heavy atom. The summed E-state index contributed by atoms with van der Waals surface area (Å²) in [6.07, 6.45) is 1.45. The van der Waals surface area contributed by atoms with Gasteiger partial charge in [-0.3, -0.25) is 4.79 Å². The van der Waals surface area contributed by atoms with Crippen LogP contribution in [0.1, 0.15) is 39.3 Å². The summed E-state index contributed by atoms with van der Waals surface area (Å²) >= 11 is 0. The maximum Gasteiger partial charge on any atom is 0.339 e. The van der Waals surface area contributed by atoms with E-state index in [-0.39, 0.29) is 17.6 Å². The summed E-state index contributed by atoms with van der Waals surface area (Å²) in [7, 11) is 1.57. The van der Waals surface area contributed by atoms with Crippen molar-refractivity contribution in [3.63, 3.8) is 0 Å². The molecule has 2 aromatic carbocycles. The van der Waals surface area contributed by atoms with Gasteiger partial charge in [0.05, 0.1) is 19.2 Å². The normalized spacial score (nSPS) is 21.0. The third kappa shape index (κ3) is 2.41. The number of likely N-dealkylation sites (tertiary alicyclic amines) is 1. The number of hydrogen-bond acceptors (Lipinski definition) is 5. The Morgan fingerprint density at radius 2 is 2.04 bits per heavy atom. The molecule has 5 rings (SSSR count). The predicted molar refractivity (Wildman–Crippen MR) is 101 cm³/mol. The molecule has 2 aliphatic rings. The molecule has 1 unspecified atom stereocenters. The first-order valence-electron chi connectivity index (χ1n) is 9.30. The summed E-state index contributed by atoms with van der Waals surface area (Å²) in [6.45, 7) is 0.914. The molecule has 6 nitrogen and oxygen atoms in total. The Morgan fingerprint density at radius 3 is 2.89 bits per heavy atom. The van der Waals surface area contributed by atoms with E-state index in [1.165, 1.54) is 0 Å². The summed E-state index contributed by atoms with van der Waals surface area (Å²) in [5, 5.41) is 0.812. The Bertz CT molecular complexity index is 1100. The van der Waals surface area contributed by atoms with Crippen LogP contribution >= 0.6 is 0 Å². The van der Waals surface area contributed by atoms with Gasteiger partial charge in [0.1, 0.15) is 0 Å². The van der Waals surface area contributed by atoms with Gasteiger partial charge in [-0.1, -0.05) is 30.3 Å². The van der Waals surface area contributed by atoms with Crippen molar-refractivity contribution in [2.24, 2.45) is 0 Å². The number of carbonyl (C=O) groups is 2. The van der Waals surface area contributed by atoms with Crippen LogP contribution in [0.4, 0.5) is 0 Å². The van der Waals surface area contributed by atoms with Gasteiger partial charge < -0.3 is 18.8 Å². The molecule has 1 fully saturated rings. The van der Waals surface area contributed by atoms with Gasteiger partial charge >= 0.3 is 5.97 Å². The van der Waals surface area contributed by atoms with Crippen molar-refractivity contribution < 1.29 is 23.5 Å². The third-order valence-corrected chi connectivity index (χ3v) is 5.61.